The van der Waals surface area contributed by atoms with Gasteiger partial charge in [0.25, 0.3) is 0 Å². The Labute approximate surface area is 123 Å². The van der Waals surface area contributed by atoms with Gasteiger partial charge in [-0.25, -0.2) is 8.78 Å². The van der Waals surface area contributed by atoms with Crippen LogP contribution in [0.5, 0.6) is 0 Å². The van der Waals surface area contributed by atoms with Crippen LogP contribution in [0.2, 0.25) is 5.02 Å². The lowest BCUT2D eigenvalue weighted by Crippen LogP contribution is -2.02. The first kappa shape index (κ1) is 14.4. The number of benzene rings is 2. The monoisotopic (exact) mass is 346 g/mol. The maximum Gasteiger partial charge on any atom is 0.160 e. The number of rotatable bonds is 2. The van der Waals surface area contributed by atoms with Crippen LogP contribution in [0.1, 0.15) is 22.8 Å². The Balaban J connectivity index is 2.46. The molecule has 0 aromatic heterocycles. The highest BCUT2D eigenvalue weighted by molar-refractivity contribution is 9.10. The van der Waals surface area contributed by atoms with Crippen molar-refractivity contribution < 1.29 is 13.9 Å². The largest absolute Gasteiger partial charge is 0.384 e. The third-order valence-electron chi connectivity index (χ3n) is 2.85. The Morgan fingerprint density at radius 3 is 2.42 bits per heavy atom. The fraction of sp³-hybridized carbons (Fsp3) is 0.143. The predicted octanol–water partition coefficient (Wildman–Crippen LogP) is 4.77. The summed E-state index contributed by atoms with van der Waals surface area (Å²) < 4.78 is 27.0. The van der Waals surface area contributed by atoms with Crippen molar-refractivity contribution in [3.63, 3.8) is 0 Å². The molecular weight excluding hydrogens is 338 g/mol. The van der Waals surface area contributed by atoms with Crippen LogP contribution >= 0.6 is 27.5 Å². The fourth-order valence-corrected chi connectivity index (χ4v) is 2.36. The molecule has 0 bridgehead atoms. The summed E-state index contributed by atoms with van der Waals surface area (Å²) in [5.74, 6) is -2.07. The van der Waals surface area contributed by atoms with Gasteiger partial charge in [-0.15, -0.1) is 0 Å². The van der Waals surface area contributed by atoms with Gasteiger partial charge in [-0.2, -0.15) is 0 Å². The molecule has 0 spiro atoms. The molecule has 0 saturated heterocycles. The number of hydrogen-bond acceptors (Lipinski definition) is 1. The van der Waals surface area contributed by atoms with Gasteiger partial charge in [0.05, 0.1) is 0 Å². The van der Waals surface area contributed by atoms with Gasteiger partial charge in [0.2, 0.25) is 0 Å². The Morgan fingerprint density at radius 2 is 1.79 bits per heavy atom. The Hall–Kier alpha value is -0.970. The van der Waals surface area contributed by atoms with Crippen LogP contribution < -0.4 is 0 Å². The second-order valence-electron chi connectivity index (χ2n) is 4.20. The summed E-state index contributed by atoms with van der Waals surface area (Å²) in [6.07, 6.45) is -1.11. The normalized spacial score (nSPS) is 12.5. The molecule has 0 aliphatic rings. The molecule has 0 aliphatic carbocycles. The van der Waals surface area contributed by atoms with E-state index < -0.39 is 17.7 Å². The van der Waals surface area contributed by atoms with E-state index in [0.29, 0.717) is 5.56 Å². The van der Waals surface area contributed by atoms with Crippen molar-refractivity contribution in [2.75, 3.05) is 0 Å². The van der Waals surface area contributed by atoms with Gasteiger partial charge in [0.1, 0.15) is 6.10 Å². The molecule has 2 aromatic rings. The summed E-state index contributed by atoms with van der Waals surface area (Å²) in [7, 11) is 0. The van der Waals surface area contributed by atoms with Crippen LogP contribution in [-0.2, 0) is 0 Å². The van der Waals surface area contributed by atoms with Gasteiger partial charge in [-0.1, -0.05) is 39.7 Å². The van der Waals surface area contributed by atoms with E-state index in [1.165, 1.54) is 0 Å². The average Bonchev–Trinajstić information content (AvgIpc) is 2.36. The molecule has 0 radical (unpaired) electrons. The summed E-state index contributed by atoms with van der Waals surface area (Å²) in [5, 5.41) is 10.2. The van der Waals surface area contributed by atoms with Crippen molar-refractivity contribution in [3.05, 3.63) is 68.2 Å². The predicted molar refractivity (Wildman–Crippen MR) is 74.3 cm³/mol. The van der Waals surface area contributed by atoms with Crippen LogP contribution in [0.15, 0.2) is 34.8 Å². The van der Waals surface area contributed by atoms with Crippen molar-refractivity contribution in [2.24, 2.45) is 0 Å². The molecule has 100 valence electrons. The molecule has 0 heterocycles. The highest BCUT2D eigenvalue weighted by Gasteiger charge is 2.17. The maximum absolute atomic E-state index is 13.2. The summed E-state index contributed by atoms with van der Waals surface area (Å²) in [6.45, 7) is 1.91. The Kier molecular flexibility index (Phi) is 4.23. The van der Waals surface area contributed by atoms with Gasteiger partial charge in [0, 0.05) is 15.1 Å². The van der Waals surface area contributed by atoms with Crippen molar-refractivity contribution in [2.45, 2.75) is 13.0 Å². The number of aryl methyl sites for hydroxylation is 1. The Morgan fingerprint density at radius 1 is 1.16 bits per heavy atom. The molecule has 1 atom stereocenters. The minimum atomic E-state index is -1.11. The lowest BCUT2D eigenvalue weighted by molar-refractivity contribution is 0.219. The van der Waals surface area contributed by atoms with Crippen molar-refractivity contribution in [1.29, 1.82) is 0 Å². The first-order valence-corrected chi connectivity index (χ1v) is 6.66. The third kappa shape index (κ3) is 2.96. The number of hydrogen-bond donors (Lipinski definition) is 1. The van der Waals surface area contributed by atoms with Gasteiger partial charge >= 0.3 is 0 Å². The summed E-state index contributed by atoms with van der Waals surface area (Å²) in [6, 6.07) is 7.02. The van der Waals surface area contributed by atoms with Crippen molar-refractivity contribution in [1.82, 2.24) is 0 Å². The van der Waals surface area contributed by atoms with Gasteiger partial charge in [0.15, 0.2) is 11.6 Å². The average molecular weight is 348 g/mol. The number of aliphatic hydroxyl groups is 1. The van der Waals surface area contributed by atoms with E-state index in [0.717, 1.165) is 22.2 Å². The zero-order valence-electron chi connectivity index (χ0n) is 9.92. The smallest absolute Gasteiger partial charge is 0.160 e. The first-order chi connectivity index (χ1) is 8.90. The van der Waals surface area contributed by atoms with E-state index in [1.54, 1.807) is 12.1 Å². The van der Waals surface area contributed by atoms with E-state index >= 15 is 0 Å². The summed E-state index contributed by atoms with van der Waals surface area (Å²) >= 11 is 9.19. The van der Waals surface area contributed by atoms with E-state index in [-0.39, 0.29) is 10.6 Å². The molecule has 1 N–H and O–H groups in total. The molecule has 0 fully saturated rings. The van der Waals surface area contributed by atoms with Crippen LogP contribution in [0.3, 0.4) is 0 Å². The highest BCUT2D eigenvalue weighted by atomic mass is 79.9. The second kappa shape index (κ2) is 5.57. The molecule has 2 rings (SSSR count). The lowest BCUT2D eigenvalue weighted by Gasteiger charge is -2.14. The van der Waals surface area contributed by atoms with Crippen LogP contribution in [0, 0.1) is 18.6 Å². The molecule has 1 unspecified atom stereocenters. The van der Waals surface area contributed by atoms with Gasteiger partial charge in [-0.3, -0.25) is 0 Å². The first-order valence-electron chi connectivity index (χ1n) is 5.48. The van der Waals surface area contributed by atoms with E-state index in [1.807, 2.05) is 13.0 Å². The fourth-order valence-electron chi connectivity index (χ4n) is 1.71. The third-order valence-corrected chi connectivity index (χ3v) is 4.03. The van der Waals surface area contributed by atoms with E-state index in [9.17, 15) is 13.9 Å². The van der Waals surface area contributed by atoms with Crippen LogP contribution in [0.25, 0.3) is 0 Å². The zero-order valence-corrected chi connectivity index (χ0v) is 12.3. The van der Waals surface area contributed by atoms with Gasteiger partial charge in [-0.05, 0) is 36.2 Å². The molecule has 19 heavy (non-hydrogen) atoms. The second-order valence-corrected chi connectivity index (χ2v) is 5.46. The molecule has 2 aromatic carbocycles. The lowest BCUT2D eigenvalue weighted by atomic mass is 10.0. The quantitative estimate of drug-likeness (QED) is 0.776. The topological polar surface area (TPSA) is 20.2 Å². The minimum absolute atomic E-state index is 0.0110. The van der Waals surface area contributed by atoms with E-state index in [2.05, 4.69) is 15.9 Å². The Bertz CT molecular complexity index is 631. The number of halogens is 4. The summed E-state index contributed by atoms with van der Waals surface area (Å²) in [4.78, 5) is 0. The maximum atomic E-state index is 13.2. The molecule has 0 saturated carbocycles. The molecule has 1 nitrogen and oxygen atoms in total. The van der Waals surface area contributed by atoms with Gasteiger partial charge < -0.3 is 5.11 Å². The molecular formula is C14H10BrClF2O. The van der Waals surface area contributed by atoms with Crippen molar-refractivity contribution in [3.8, 4) is 0 Å². The van der Waals surface area contributed by atoms with Crippen molar-refractivity contribution >= 4 is 27.5 Å². The molecule has 0 amide bonds. The highest BCUT2D eigenvalue weighted by Crippen LogP contribution is 2.31. The van der Waals surface area contributed by atoms with Crippen LogP contribution in [0.4, 0.5) is 8.78 Å². The SMILES string of the molecule is Cc1ccc(C(O)c2cc(F)c(F)cc2Cl)cc1Br. The van der Waals surface area contributed by atoms with Crippen LogP contribution in [-0.4, -0.2) is 5.11 Å². The minimum Gasteiger partial charge on any atom is -0.384 e. The molecule has 5 heteroatoms. The van der Waals surface area contributed by atoms with E-state index in [4.69, 9.17) is 11.6 Å². The molecule has 0 aliphatic heterocycles. The zero-order chi connectivity index (χ0) is 14.2. The summed E-state index contributed by atoms with van der Waals surface area (Å²) in [5.41, 5.74) is 1.69. The standard InChI is InChI=1S/C14H10BrClF2O/c1-7-2-3-8(4-10(7)15)14(19)9-5-12(17)13(18)6-11(9)16/h2-6,14,19H,1H3. The number of aliphatic hydroxyl groups excluding tert-OH is 1.